The molecule has 0 atom stereocenters. The van der Waals surface area contributed by atoms with Crippen LogP contribution in [0, 0.1) is 0 Å². The van der Waals surface area contributed by atoms with Crippen molar-refractivity contribution in [3.8, 4) is 17.0 Å². The maximum atomic E-state index is 12.1. The number of ether oxygens (including phenoxy) is 1. The predicted octanol–water partition coefficient (Wildman–Crippen LogP) is 7.59. The first-order valence-corrected chi connectivity index (χ1v) is 13.3. The fourth-order valence-corrected chi connectivity index (χ4v) is 5.08. The number of hydrogen-bond acceptors (Lipinski definition) is 6. The largest absolute Gasteiger partial charge is 0.489 e. The Morgan fingerprint density at radius 1 is 1.03 bits per heavy atom. The second kappa shape index (κ2) is 12.4. The van der Waals surface area contributed by atoms with Crippen LogP contribution in [0.2, 0.25) is 15.1 Å². The van der Waals surface area contributed by atoms with Gasteiger partial charge in [0.05, 0.1) is 17.7 Å². The van der Waals surface area contributed by atoms with Gasteiger partial charge in [-0.1, -0.05) is 64.8 Å². The van der Waals surface area contributed by atoms with E-state index in [2.05, 4.69) is 15.5 Å². The van der Waals surface area contributed by atoms with E-state index >= 15 is 0 Å². The second-order valence-corrected chi connectivity index (χ2v) is 10.5. The molecule has 0 radical (unpaired) electrons. The van der Waals surface area contributed by atoms with Crippen molar-refractivity contribution < 1.29 is 9.53 Å². The van der Waals surface area contributed by atoms with Gasteiger partial charge in [-0.3, -0.25) is 4.79 Å². The lowest BCUT2D eigenvalue weighted by Gasteiger charge is -2.08. The van der Waals surface area contributed by atoms with Crippen LogP contribution in [-0.2, 0) is 11.4 Å². The van der Waals surface area contributed by atoms with Gasteiger partial charge < -0.3 is 4.74 Å². The highest BCUT2D eigenvalue weighted by molar-refractivity contribution is 8.01. The molecule has 0 bridgehead atoms. The molecule has 3 aromatic carbocycles. The van der Waals surface area contributed by atoms with E-state index in [9.17, 15) is 4.79 Å². The van der Waals surface area contributed by atoms with Gasteiger partial charge in [0.2, 0.25) is 0 Å². The Morgan fingerprint density at radius 2 is 1.77 bits per heavy atom. The molecule has 4 aromatic rings. The summed E-state index contributed by atoms with van der Waals surface area (Å²) in [6.45, 7) is 0.331. The average Bonchev–Trinajstić information content (AvgIpc) is 3.33. The fraction of sp³-hybridized carbons (Fsp3) is 0.0800. The van der Waals surface area contributed by atoms with Gasteiger partial charge in [-0.15, -0.1) is 11.3 Å². The van der Waals surface area contributed by atoms with Crippen LogP contribution in [0.15, 0.2) is 81.6 Å². The average molecular weight is 563 g/mol. The lowest BCUT2D eigenvalue weighted by atomic mass is 10.2. The van der Waals surface area contributed by atoms with Crippen LogP contribution in [0.5, 0.6) is 5.75 Å². The summed E-state index contributed by atoms with van der Waals surface area (Å²) >= 11 is 20.9. The van der Waals surface area contributed by atoms with Gasteiger partial charge in [0.15, 0.2) is 4.34 Å². The number of carbonyl (C=O) groups excluding carboxylic acids is 1. The minimum Gasteiger partial charge on any atom is -0.489 e. The number of thiazole rings is 1. The number of rotatable bonds is 9. The molecule has 0 aliphatic heterocycles. The van der Waals surface area contributed by atoms with Gasteiger partial charge in [0.1, 0.15) is 12.4 Å². The molecule has 0 spiro atoms. The first kappa shape index (κ1) is 25.5. The van der Waals surface area contributed by atoms with E-state index in [0.29, 0.717) is 27.4 Å². The molecular formula is C25H18Cl3N3O2S2. The van der Waals surface area contributed by atoms with Crippen molar-refractivity contribution in [1.29, 1.82) is 0 Å². The van der Waals surface area contributed by atoms with Crippen molar-refractivity contribution in [2.45, 2.75) is 10.9 Å². The van der Waals surface area contributed by atoms with Gasteiger partial charge >= 0.3 is 0 Å². The van der Waals surface area contributed by atoms with Crippen molar-refractivity contribution in [3.63, 3.8) is 0 Å². The molecule has 1 aromatic heterocycles. The van der Waals surface area contributed by atoms with E-state index in [0.717, 1.165) is 26.7 Å². The van der Waals surface area contributed by atoms with Crippen molar-refractivity contribution in [2.24, 2.45) is 5.10 Å². The third-order valence-electron chi connectivity index (χ3n) is 4.64. The molecule has 0 unspecified atom stereocenters. The van der Waals surface area contributed by atoms with Crippen LogP contribution in [0.3, 0.4) is 0 Å². The summed E-state index contributed by atoms with van der Waals surface area (Å²) in [6.07, 6.45) is 1.57. The molecule has 0 saturated heterocycles. The van der Waals surface area contributed by atoms with E-state index in [4.69, 9.17) is 39.5 Å². The van der Waals surface area contributed by atoms with Crippen molar-refractivity contribution in [1.82, 2.24) is 10.4 Å². The minimum absolute atomic E-state index is 0.213. The highest BCUT2D eigenvalue weighted by atomic mass is 35.5. The SMILES string of the molecule is O=C(CSc1nc(-c2ccc(Cl)cc2)cs1)N/N=C/c1ccc(OCc2ccc(Cl)cc2Cl)cc1. The maximum Gasteiger partial charge on any atom is 0.250 e. The van der Waals surface area contributed by atoms with Crippen LogP contribution in [0.4, 0.5) is 0 Å². The van der Waals surface area contributed by atoms with Crippen LogP contribution < -0.4 is 10.2 Å². The highest BCUT2D eigenvalue weighted by Crippen LogP contribution is 2.29. The van der Waals surface area contributed by atoms with Crippen molar-refractivity contribution in [3.05, 3.63) is 98.3 Å². The third kappa shape index (κ3) is 7.72. The summed E-state index contributed by atoms with van der Waals surface area (Å²) in [5, 5.41) is 7.80. The maximum absolute atomic E-state index is 12.1. The summed E-state index contributed by atoms with van der Waals surface area (Å²) in [5.74, 6) is 0.689. The Labute approximate surface area is 226 Å². The van der Waals surface area contributed by atoms with Crippen molar-refractivity contribution >= 4 is 70.0 Å². The number of nitrogens with one attached hydrogen (secondary N) is 1. The summed E-state index contributed by atoms with van der Waals surface area (Å²) in [6, 6.07) is 20.1. The molecule has 35 heavy (non-hydrogen) atoms. The lowest BCUT2D eigenvalue weighted by molar-refractivity contribution is -0.118. The van der Waals surface area contributed by atoms with E-state index in [1.165, 1.54) is 23.1 Å². The number of benzene rings is 3. The smallest absolute Gasteiger partial charge is 0.250 e. The second-order valence-electron chi connectivity index (χ2n) is 7.18. The summed E-state index contributed by atoms with van der Waals surface area (Å²) in [7, 11) is 0. The summed E-state index contributed by atoms with van der Waals surface area (Å²) in [4.78, 5) is 16.7. The van der Waals surface area contributed by atoms with E-state index in [1.807, 2.05) is 60.0 Å². The number of thioether (sulfide) groups is 1. The van der Waals surface area contributed by atoms with E-state index in [1.54, 1.807) is 18.3 Å². The highest BCUT2D eigenvalue weighted by Gasteiger charge is 2.08. The molecule has 4 rings (SSSR count). The first-order chi connectivity index (χ1) is 17.0. The Kier molecular flexibility index (Phi) is 9.06. The molecule has 10 heteroatoms. The number of halogens is 3. The summed E-state index contributed by atoms with van der Waals surface area (Å²) in [5.41, 5.74) is 6.04. The quantitative estimate of drug-likeness (QED) is 0.130. The minimum atomic E-state index is -0.214. The molecule has 5 nitrogen and oxygen atoms in total. The third-order valence-corrected chi connectivity index (χ3v) is 7.50. The Hall–Kier alpha value is -2.55. The molecule has 1 N–H and O–H groups in total. The summed E-state index contributed by atoms with van der Waals surface area (Å²) < 4.78 is 6.57. The zero-order valence-corrected chi connectivity index (χ0v) is 22.0. The van der Waals surface area contributed by atoms with Gasteiger partial charge in [0.25, 0.3) is 5.91 Å². The number of hydrazone groups is 1. The molecule has 1 amide bonds. The molecular weight excluding hydrogens is 545 g/mol. The van der Waals surface area contributed by atoms with Crippen LogP contribution in [0.25, 0.3) is 11.3 Å². The van der Waals surface area contributed by atoms with E-state index in [-0.39, 0.29) is 11.7 Å². The first-order valence-electron chi connectivity index (χ1n) is 10.3. The number of nitrogens with zero attached hydrogens (tertiary/aromatic N) is 2. The van der Waals surface area contributed by atoms with E-state index < -0.39 is 0 Å². The van der Waals surface area contributed by atoms with Gasteiger partial charge in [-0.2, -0.15) is 5.10 Å². The molecule has 1 heterocycles. The van der Waals surface area contributed by atoms with Crippen molar-refractivity contribution in [2.75, 3.05) is 5.75 Å². The number of hydrogen-bond donors (Lipinski definition) is 1. The number of aromatic nitrogens is 1. The zero-order chi connectivity index (χ0) is 24.6. The molecule has 0 saturated carbocycles. The van der Waals surface area contributed by atoms with Gasteiger partial charge in [0, 0.05) is 31.6 Å². The molecule has 178 valence electrons. The number of carbonyl (C=O) groups is 1. The van der Waals surface area contributed by atoms with Crippen LogP contribution >= 0.6 is 57.9 Å². The predicted molar refractivity (Wildman–Crippen MR) is 146 cm³/mol. The standard InChI is InChI=1S/C25H18Cl3N3O2S2/c26-19-6-3-17(4-7-19)23-14-34-25(30-23)35-15-24(32)31-29-12-16-1-9-21(10-2-16)33-13-18-5-8-20(27)11-22(18)28/h1-12,14H,13,15H2,(H,31,32)/b29-12+. The van der Waals surface area contributed by atoms with Crippen LogP contribution in [0.1, 0.15) is 11.1 Å². The van der Waals surface area contributed by atoms with Gasteiger partial charge in [-0.05, 0) is 54.1 Å². The Balaban J connectivity index is 1.21. The molecule has 0 aliphatic carbocycles. The normalized spacial score (nSPS) is 11.1. The molecule has 0 fully saturated rings. The topological polar surface area (TPSA) is 63.6 Å². The monoisotopic (exact) mass is 561 g/mol. The van der Waals surface area contributed by atoms with Crippen LogP contribution in [-0.4, -0.2) is 22.9 Å². The van der Waals surface area contributed by atoms with Gasteiger partial charge in [-0.25, -0.2) is 10.4 Å². The zero-order valence-electron chi connectivity index (χ0n) is 18.1. The molecule has 0 aliphatic rings. The Bertz CT molecular complexity index is 1330. The Morgan fingerprint density at radius 3 is 2.51 bits per heavy atom. The lowest BCUT2D eigenvalue weighted by Crippen LogP contribution is -2.19. The number of amides is 1. The fourth-order valence-electron chi connectivity index (χ4n) is 2.87.